The van der Waals surface area contributed by atoms with Gasteiger partial charge in [0.25, 0.3) is 11.6 Å². The van der Waals surface area contributed by atoms with Crippen LogP contribution < -0.4 is 27.4 Å². The van der Waals surface area contributed by atoms with Gasteiger partial charge in [-0.25, -0.2) is 0 Å². The highest BCUT2D eigenvalue weighted by atomic mass is 16.6. The number of hydrogen-bond acceptors (Lipinski definition) is 9. The normalized spacial score (nSPS) is 22.6. The number of nitrogens with one attached hydrogen (secondary N) is 3. The van der Waals surface area contributed by atoms with Crippen molar-refractivity contribution in [3.8, 4) is 0 Å². The largest absolute Gasteiger partial charge is 0.383 e. The van der Waals surface area contributed by atoms with Gasteiger partial charge in [0.1, 0.15) is 18.1 Å². The second-order valence-electron chi connectivity index (χ2n) is 9.87. The van der Waals surface area contributed by atoms with Crippen molar-refractivity contribution in [2.24, 2.45) is 11.5 Å². The number of fused-ring (bicyclic) bond motifs is 2. The number of non-ortho nitro benzene ring substituents is 1. The van der Waals surface area contributed by atoms with E-state index in [4.69, 9.17) is 11.5 Å². The van der Waals surface area contributed by atoms with Crippen LogP contribution in [0.25, 0.3) is 0 Å². The molecule has 40 heavy (non-hydrogen) atoms. The molecule has 7 N–H and O–H groups in total. The minimum atomic E-state index is -1.01. The Morgan fingerprint density at radius 1 is 1.12 bits per heavy atom. The summed E-state index contributed by atoms with van der Waals surface area (Å²) in [5.41, 5.74) is 10.8. The number of anilines is 1. The number of carbonyl (C=O) groups excluding carboxylic acids is 5. The maximum Gasteiger partial charge on any atom is 0.270 e. The molecule has 15 heteroatoms. The molecule has 0 unspecified atom stereocenters. The SMILES string of the molecule is C[C@@H]1NC(=O)[C@@H]2CCCN2C(=O)[C@H](CCCCN)NC(=O)c2cc([N+](=O)[O-])ccc2NCCN(CC(N)=O)C1=O. The second-order valence-corrected chi connectivity index (χ2v) is 9.87. The fraction of sp³-hybridized carbons (Fsp3) is 0.560. The van der Waals surface area contributed by atoms with E-state index in [1.54, 1.807) is 0 Å². The summed E-state index contributed by atoms with van der Waals surface area (Å²) in [5.74, 6) is -3.03. The lowest BCUT2D eigenvalue weighted by Gasteiger charge is -2.31. The number of nitro benzene ring substituents is 1. The van der Waals surface area contributed by atoms with Crippen molar-refractivity contribution in [3.63, 3.8) is 0 Å². The van der Waals surface area contributed by atoms with Crippen LogP contribution >= 0.6 is 0 Å². The summed E-state index contributed by atoms with van der Waals surface area (Å²) in [6.45, 7) is 1.77. The molecule has 15 nitrogen and oxygen atoms in total. The van der Waals surface area contributed by atoms with Gasteiger partial charge >= 0.3 is 0 Å². The molecule has 0 radical (unpaired) electrons. The van der Waals surface area contributed by atoms with Crippen LogP contribution in [-0.4, -0.2) is 95.1 Å². The van der Waals surface area contributed by atoms with Gasteiger partial charge < -0.3 is 37.2 Å². The summed E-state index contributed by atoms with van der Waals surface area (Å²) in [4.78, 5) is 78.4. The minimum Gasteiger partial charge on any atom is -0.383 e. The maximum atomic E-state index is 13.7. The van der Waals surface area contributed by atoms with Gasteiger partial charge in [-0.1, -0.05) is 0 Å². The molecule has 2 aliphatic heterocycles. The van der Waals surface area contributed by atoms with E-state index >= 15 is 0 Å². The molecule has 2 aliphatic rings. The molecule has 3 rings (SSSR count). The highest BCUT2D eigenvalue weighted by molar-refractivity contribution is 6.03. The molecule has 0 spiro atoms. The van der Waals surface area contributed by atoms with Gasteiger partial charge in [0.15, 0.2) is 0 Å². The Bertz CT molecular complexity index is 1160. The number of nitro groups is 1. The topological polar surface area (TPSA) is 223 Å². The average Bonchev–Trinajstić information content (AvgIpc) is 3.40. The van der Waals surface area contributed by atoms with Crippen molar-refractivity contribution in [1.82, 2.24) is 20.4 Å². The fourth-order valence-electron chi connectivity index (χ4n) is 4.90. The smallest absolute Gasteiger partial charge is 0.270 e. The van der Waals surface area contributed by atoms with Crippen LogP contribution in [0.4, 0.5) is 11.4 Å². The van der Waals surface area contributed by atoms with E-state index in [0.717, 1.165) is 6.07 Å². The lowest BCUT2D eigenvalue weighted by atomic mass is 10.0. The van der Waals surface area contributed by atoms with Gasteiger partial charge in [-0.05, 0) is 51.6 Å². The third kappa shape index (κ3) is 7.43. The zero-order chi connectivity index (χ0) is 29.4. The lowest BCUT2D eigenvalue weighted by Crippen LogP contribution is -2.56. The Kier molecular flexibility index (Phi) is 10.4. The first-order valence-electron chi connectivity index (χ1n) is 13.2. The Labute approximate surface area is 231 Å². The van der Waals surface area contributed by atoms with Crippen molar-refractivity contribution in [2.75, 3.05) is 38.0 Å². The van der Waals surface area contributed by atoms with Gasteiger partial charge in [-0.15, -0.1) is 0 Å². The van der Waals surface area contributed by atoms with Crippen LogP contribution in [0.15, 0.2) is 18.2 Å². The van der Waals surface area contributed by atoms with Gasteiger partial charge in [0, 0.05) is 37.5 Å². The summed E-state index contributed by atoms with van der Waals surface area (Å²) in [6, 6.07) is 0.818. The van der Waals surface area contributed by atoms with E-state index in [1.807, 2.05) is 0 Å². The molecule has 5 amide bonds. The molecule has 1 aromatic rings. The predicted octanol–water partition coefficient (Wildman–Crippen LogP) is -0.943. The van der Waals surface area contributed by atoms with E-state index in [2.05, 4.69) is 16.0 Å². The molecule has 218 valence electrons. The first kappa shape index (κ1) is 30.3. The van der Waals surface area contributed by atoms with Crippen molar-refractivity contribution >= 4 is 40.9 Å². The van der Waals surface area contributed by atoms with Crippen molar-refractivity contribution in [2.45, 2.75) is 57.2 Å². The summed E-state index contributed by atoms with van der Waals surface area (Å²) in [7, 11) is 0. The predicted molar refractivity (Wildman–Crippen MR) is 144 cm³/mol. The van der Waals surface area contributed by atoms with Crippen molar-refractivity contribution < 1.29 is 28.9 Å². The number of nitrogens with two attached hydrogens (primary N) is 2. The molecule has 1 saturated heterocycles. The number of benzene rings is 1. The maximum absolute atomic E-state index is 13.7. The molecule has 1 fully saturated rings. The molecular formula is C25H36N8O7. The highest BCUT2D eigenvalue weighted by Crippen LogP contribution is 2.24. The van der Waals surface area contributed by atoms with Gasteiger partial charge in [0.05, 0.1) is 17.0 Å². The molecule has 2 heterocycles. The van der Waals surface area contributed by atoms with E-state index in [9.17, 15) is 34.1 Å². The van der Waals surface area contributed by atoms with E-state index in [0.29, 0.717) is 32.2 Å². The molecule has 0 aromatic heterocycles. The van der Waals surface area contributed by atoms with Crippen LogP contribution in [0.5, 0.6) is 0 Å². The second kappa shape index (κ2) is 13.7. The van der Waals surface area contributed by atoms with E-state index in [1.165, 1.54) is 28.9 Å². The third-order valence-corrected chi connectivity index (χ3v) is 6.93. The number of primary amides is 1. The standard InChI is InChI=1S/C25H36N8O7/c1-15-24(37)31(14-21(27)34)12-10-28-18-8-7-16(33(39)40)13-17(18)22(35)30-19(5-2-3-9-26)25(38)32-11-4-6-20(32)23(36)29-15/h7-8,13,15,19-20,28H,2-6,9-12,14,26H2,1H3,(H2,27,34)(H,29,36)(H,30,35)/t15-,19-,20-/m0/s1. The number of amides is 5. The first-order chi connectivity index (χ1) is 19.0. The third-order valence-electron chi connectivity index (χ3n) is 6.93. The van der Waals surface area contributed by atoms with Crippen LogP contribution in [0.2, 0.25) is 0 Å². The van der Waals surface area contributed by atoms with Crippen LogP contribution in [0, 0.1) is 10.1 Å². The molecule has 0 bridgehead atoms. The summed E-state index contributed by atoms with van der Waals surface area (Å²) in [5, 5.41) is 19.8. The molecule has 0 saturated carbocycles. The van der Waals surface area contributed by atoms with Gasteiger partial charge in [-0.3, -0.25) is 34.1 Å². The Balaban J connectivity index is 2.03. The monoisotopic (exact) mass is 560 g/mol. The number of carbonyl (C=O) groups is 5. The molecule has 1 aromatic carbocycles. The molecule has 0 aliphatic carbocycles. The molecular weight excluding hydrogens is 524 g/mol. The lowest BCUT2D eigenvalue weighted by molar-refractivity contribution is -0.384. The van der Waals surface area contributed by atoms with Crippen molar-refractivity contribution in [1.29, 1.82) is 0 Å². The first-order valence-corrected chi connectivity index (χ1v) is 13.2. The number of rotatable bonds is 7. The zero-order valence-corrected chi connectivity index (χ0v) is 22.4. The summed E-state index contributed by atoms with van der Waals surface area (Å²) in [6.07, 6.45) is 2.29. The average molecular weight is 561 g/mol. The summed E-state index contributed by atoms with van der Waals surface area (Å²) >= 11 is 0. The van der Waals surface area contributed by atoms with Crippen LogP contribution in [0.1, 0.15) is 49.4 Å². The zero-order valence-electron chi connectivity index (χ0n) is 22.4. The number of hydrogen-bond donors (Lipinski definition) is 5. The summed E-state index contributed by atoms with van der Waals surface area (Å²) < 4.78 is 0. The van der Waals surface area contributed by atoms with Gasteiger partial charge in [-0.2, -0.15) is 0 Å². The molecule has 3 atom stereocenters. The van der Waals surface area contributed by atoms with E-state index in [-0.39, 0.29) is 43.0 Å². The van der Waals surface area contributed by atoms with Crippen LogP contribution in [0.3, 0.4) is 0 Å². The van der Waals surface area contributed by atoms with Gasteiger partial charge in [0.2, 0.25) is 23.6 Å². The quantitative estimate of drug-likeness (QED) is 0.157. The number of unbranched alkanes of at least 4 members (excludes halogenated alkanes) is 1. The number of nitrogens with zero attached hydrogens (tertiary/aromatic N) is 3. The minimum absolute atomic E-state index is 0.0181. The Hall–Kier alpha value is -4.27. The Morgan fingerprint density at radius 3 is 2.55 bits per heavy atom. The van der Waals surface area contributed by atoms with E-state index < -0.39 is 59.1 Å². The van der Waals surface area contributed by atoms with Crippen molar-refractivity contribution in [3.05, 3.63) is 33.9 Å². The highest BCUT2D eigenvalue weighted by Gasteiger charge is 2.39. The van der Waals surface area contributed by atoms with Crippen LogP contribution in [-0.2, 0) is 19.2 Å². The Morgan fingerprint density at radius 2 is 1.88 bits per heavy atom. The fourth-order valence-corrected chi connectivity index (χ4v) is 4.90.